The zero-order valence-corrected chi connectivity index (χ0v) is 14.5. The van der Waals surface area contributed by atoms with Gasteiger partial charge >= 0.3 is 5.97 Å². The molecule has 0 aromatic heterocycles. The quantitative estimate of drug-likeness (QED) is 0.703. The minimum atomic E-state index is -1.01. The number of methoxy groups -OCH3 is 1. The van der Waals surface area contributed by atoms with E-state index in [2.05, 4.69) is 21.2 Å². The lowest BCUT2D eigenvalue weighted by Crippen LogP contribution is -2.12. The van der Waals surface area contributed by atoms with E-state index in [1.54, 1.807) is 37.4 Å². The third-order valence-electron chi connectivity index (χ3n) is 3.13. The van der Waals surface area contributed by atoms with Crippen LogP contribution in [0.25, 0.3) is 0 Å². The van der Waals surface area contributed by atoms with E-state index >= 15 is 0 Å². The average Bonchev–Trinajstić information content (AvgIpc) is 2.57. The first-order chi connectivity index (χ1) is 11.5. The van der Waals surface area contributed by atoms with Crippen molar-refractivity contribution in [1.82, 2.24) is 0 Å². The molecule has 0 saturated heterocycles. The highest BCUT2D eigenvalue weighted by Crippen LogP contribution is 2.26. The molecule has 2 aromatic carbocycles. The summed E-state index contributed by atoms with van der Waals surface area (Å²) >= 11 is 3.37. The summed E-state index contributed by atoms with van der Waals surface area (Å²) in [5.41, 5.74) is 1.12. The van der Waals surface area contributed by atoms with Crippen molar-refractivity contribution in [2.24, 2.45) is 0 Å². The van der Waals surface area contributed by atoms with Crippen LogP contribution in [-0.2, 0) is 4.74 Å². The Kier molecular flexibility index (Phi) is 6.34. The molecule has 1 amide bonds. The van der Waals surface area contributed by atoms with Crippen molar-refractivity contribution in [2.75, 3.05) is 25.6 Å². The van der Waals surface area contributed by atoms with Gasteiger partial charge in [-0.3, -0.25) is 4.79 Å². The molecule has 0 fully saturated rings. The maximum atomic E-state index is 12.2. The number of halogens is 1. The summed E-state index contributed by atoms with van der Waals surface area (Å²) in [7, 11) is 1.59. The highest BCUT2D eigenvalue weighted by Gasteiger charge is 2.10. The van der Waals surface area contributed by atoms with Crippen LogP contribution in [0.1, 0.15) is 20.7 Å². The number of hydrogen-bond donors (Lipinski definition) is 2. The van der Waals surface area contributed by atoms with Gasteiger partial charge in [-0.15, -0.1) is 0 Å². The molecule has 2 aromatic rings. The number of rotatable bonds is 7. The lowest BCUT2D eigenvalue weighted by atomic mass is 10.1. The normalized spacial score (nSPS) is 10.2. The molecule has 0 aliphatic carbocycles. The topological polar surface area (TPSA) is 84.9 Å². The maximum absolute atomic E-state index is 12.2. The molecule has 126 valence electrons. The van der Waals surface area contributed by atoms with E-state index in [0.717, 1.165) is 0 Å². The largest absolute Gasteiger partial charge is 0.490 e. The Balaban J connectivity index is 2.04. The van der Waals surface area contributed by atoms with Crippen molar-refractivity contribution in [3.63, 3.8) is 0 Å². The molecule has 7 heteroatoms. The van der Waals surface area contributed by atoms with E-state index < -0.39 is 5.97 Å². The number of carbonyl (C=O) groups excluding carboxylic acids is 1. The van der Waals surface area contributed by atoms with Crippen LogP contribution in [0, 0.1) is 0 Å². The van der Waals surface area contributed by atoms with Crippen LogP contribution in [0.3, 0.4) is 0 Å². The molecule has 0 unspecified atom stereocenters. The first kappa shape index (κ1) is 18.0. The van der Waals surface area contributed by atoms with Crippen molar-refractivity contribution in [3.8, 4) is 5.75 Å². The van der Waals surface area contributed by atoms with E-state index in [1.807, 2.05) is 0 Å². The van der Waals surface area contributed by atoms with E-state index in [0.29, 0.717) is 34.7 Å². The molecule has 0 aliphatic rings. The number of nitrogens with one attached hydrogen (secondary N) is 1. The smallest absolute Gasteiger partial charge is 0.335 e. The van der Waals surface area contributed by atoms with Crippen molar-refractivity contribution >= 4 is 33.5 Å². The molecule has 0 bridgehead atoms. The predicted octanol–water partition coefficient (Wildman–Crippen LogP) is 3.42. The van der Waals surface area contributed by atoms with Gasteiger partial charge in [0.2, 0.25) is 0 Å². The van der Waals surface area contributed by atoms with Crippen molar-refractivity contribution in [2.45, 2.75) is 0 Å². The molecular weight excluding hydrogens is 378 g/mol. The summed E-state index contributed by atoms with van der Waals surface area (Å²) in [6, 6.07) is 10.9. The summed E-state index contributed by atoms with van der Waals surface area (Å²) in [6.45, 7) is 0.886. The Morgan fingerprint density at radius 1 is 1.08 bits per heavy atom. The summed E-state index contributed by atoms with van der Waals surface area (Å²) in [5, 5.41) is 11.6. The zero-order chi connectivity index (χ0) is 17.5. The monoisotopic (exact) mass is 393 g/mol. The first-order valence-electron chi connectivity index (χ1n) is 7.07. The minimum absolute atomic E-state index is 0.160. The second-order valence-corrected chi connectivity index (χ2v) is 5.68. The van der Waals surface area contributed by atoms with Crippen LogP contribution in [0.15, 0.2) is 46.9 Å². The molecule has 24 heavy (non-hydrogen) atoms. The van der Waals surface area contributed by atoms with Crippen LogP contribution in [-0.4, -0.2) is 37.3 Å². The Morgan fingerprint density at radius 2 is 1.75 bits per heavy atom. The predicted molar refractivity (Wildman–Crippen MR) is 92.9 cm³/mol. The molecule has 6 nitrogen and oxygen atoms in total. The van der Waals surface area contributed by atoms with Gasteiger partial charge in [0.15, 0.2) is 0 Å². The zero-order valence-electron chi connectivity index (χ0n) is 12.9. The number of anilines is 1. The van der Waals surface area contributed by atoms with Crippen LogP contribution in [0.4, 0.5) is 5.69 Å². The number of ether oxygens (including phenoxy) is 2. The second-order valence-electron chi connectivity index (χ2n) is 4.82. The Labute approximate surface area is 147 Å². The summed E-state index contributed by atoms with van der Waals surface area (Å²) in [4.78, 5) is 23.1. The number of amides is 1. The fourth-order valence-electron chi connectivity index (χ4n) is 1.89. The van der Waals surface area contributed by atoms with Crippen LogP contribution < -0.4 is 10.1 Å². The van der Waals surface area contributed by atoms with Gasteiger partial charge in [-0.25, -0.2) is 4.79 Å². The minimum Gasteiger partial charge on any atom is -0.490 e. The molecule has 0 spiro atoms. The number of aromatic carboxylic acids is 1. The third kappa shape index (κ3) is 4.81. The molecule has 2 rings (SSSR count). The fourth-order valence-corrected chi connectivity index (χ4v) is 2.39. The molecule has 0 heterocycles. The van der Waals surface area contributed by atoms with Gasteiger partial charge in [-0.05, 0) is 58.4 Å². The number of carbonyl (C=O) groups is 2. The van der Waals surface area contributed by atoms with Gasteiger partial charge in [0, 0.05) is 18.4 Å². The summed E-state index contributed by atoms with van der Waals surface area (Å²) in [5.74, 6) is -0.697. The Bertz CT molecular complexity index is 730. The van der Waals surface area contributed by atoms with Crippen LogP contribution in [0.2, 0.25) is 0 Å². The lowest BCUT2D eigenvalue weighted by Gasteiger charge is -2.10. The van der Waals surface area contributed by atoms with Gasteiger partial charge < -0.3 is 19.9 Å². The van der Waals surface area contributed by atoms with Crippen LogP contribution in [0.5, 0.6) is 5.75 Å². The standard InChI is InChI=1S/C17H16BrNO5/c1-23-8-9-24-15-7-4-12(10-14(15)18)16(20)19-13-5-2-11(3-6-13)17(21)22/h2-7,10H,8-9H2,1H3,(H,19,20)(H,21,22). The van der Waals surface area contributed by atoms with E-state index in [4.69, 9.17) is 14.6 Å². The van der Waals surface area contributed by atoms with Crippen LogP contribution >= 0.6 is 15.9 Å². The highest BCUT2D eigenvalue weighted by atomic mass is 79.9. The number of carboxylic acids is 1. The van der Waals surface area contributed by atoms with Gasteiger partial charge in [-0.1, -0.05) is 0 Å². The Morgan fingerprint density at radius 3 is 2.33 bits per heavy atom. The number of benzene rings is 2. The molecule has 0 radical (unpaired) electrons. The summed E-state index contributed by atoms with van der Waals surface area (Å²) < 4.78 is 11.1. The van der Waals surface area contributed by atoms with Gasteiger partial charge in [0.1, 0.15) is 12.4 Å². The van der Waals surface area contributed by atoms with E-state index in [9.17, 15) is 9.59 Å². The second kappa shape index (κ2) is 8.47. The molecular formula is C17H16BrNO5. The Hall–Kier alpha value is -2.38. The van der Waals surface area contributed by atoms with Crippen molar-refractivity contribution in [3.05, 3.63) is 58.1 Å². The SMILES string of the molecule is COCCOc1ccc(C(=O)Nc2ccc(C(=O)O)cc2)cc1Br. The third-order valence-corrected chi connectivity index (χ3v) is 3.75. The number of hydrogen-bond acceptors (Lipinski definition) is 4. The maximum Gasteiger partial charge on any atom is 0.335 e. The molecule has 0 saturated carbocycles. The van der Waals surface area contributed by atoms with Crippen molar-refractivity contribution in [1.29, 1.82) is 0 Å². The van der Waals surface area contributed by atoms with E-state index in [-0.39, 0.29) is 11.5 Å². The molecule has 0 atom stereocenters. The average molecular weight is 394 g/mol. The van der Waals surface area contributed by atoms with Gasteiger partial charge in [0.05, 0.1) is 16.6 Å². The highest BCUT2D eigenvalue weighted by molar-refractivity contribution is 9.10. The molecule has 2 N–H and O–H groups in total. The lowest BCUT2D eigenvalue weighted by molar-refractivity contribution is 0.0696. The first-order valence-corrected chi connectivity index (χ1v) is 7.86. The molecule has 0 aliphatic heterocycles. The summed E-state index contributed by atoms with van der Waals surface area (Å²) in [6.07, 6.45) is 0. The van der Waals surface area contributed by atoms with Gasteiger partial charge in [-0.2, -0.15) is 0 Å². The van der Waals surface area contributed by atoms with E-state index in [1.165, 1.54) is 12.1 Å². The van der Waals surface area contributed by atoms with Gasteiger partial charge in [0.25, 0.3) is 5.91 Å². The number of carboxylic acid groups (broad SMARTS) is 1. The van der Waals surface area contributed by atoms with Crippen molar-refractivity contribution < 1.29 is 24.2 Å². The fraction of sp³-hybridized carbons (Fsp3) is 0.176.